The average molecular weight is 739 g/mol. The molecule has 0 radical (unpaired) electrons. The summed E-state index contributed by atoms with van der Waals surface area (Å²) in [6.45, 7) is 0. The van der Waals surface area contributed by atoms with Crippen LogP contribution in [0.5, 0.6) is 17.2 Å². The molecule has 0 saturated carbocycles. The molecule has 7 aromatic rings. The monoisotopic (exact) mass is 738 g/mol. The van der Waals surface area contributed by atoms with Crippen molar-refractivity contribution in [3.8, 4) is 52.8 Å². The van der Waals surface area contributed by atoms with Gasteiger partial charge < -0.3 is 15.3 Å². The van der Waals surface area contributed by atoms with Crippen molar-refractivity contribution in [2.75, 3.05) is 0 Å². The molecule has 0 bridgehead atoms. The van der Waals surface area contributed by atoms with Crippen LogP contribution >= 0.6 is 0 Å². The van der Waals surface area contributed by atoms with Crippen molar-refractivity contribution >= 4 is 34.1 Å². The number of phenols is 3. The summed E-state index contributed by atoms with van der Waals surface area (Å²) in [5, 5.41) is 53.9. The molecule has 0 unspecified atom stereocenters. The molecule has 0 aliphatic heterocycles. The second kappa shape index (κ2) is 18.0. The fraction of sp³-hybridized carbons (Fsp3) is 0. The lowest BCUT2D eigenvalue weighted by Crippen LogP contribution is -1.85. The van der Waals surface area contributed by atoms with Crippen LogP contribution in [0.1, 0.15) is 33.4 Å². The van der Waals surface area contributed by atoms with Crippen LogP contribution in [0.4, 0.5) is 34.1 Å². The van der Waals surface area contributed by atoms with E-state index in [1.54, 1.807) is 72.8 Å². The molecule has 0 heterocycles. The predicted octanol–water partition coefficient (Wildman–Crippen LogP) is 12.2. The zero-order chi connectivity index (χ0) is 39.2. The minimum atomic E-state index is 0.171. The number of aromatic hydroxyl groups is 3. The minimum absolute atomic E-state index is 0.171. The van der Waals surface area contributed by atoms with Crippen LogP contribution in [-0.4, -0.2) is 15.3 Å². The highest BCUT2D eigenvalue weighted by Crippen LogP contribution is 2.24. The first-order valence-electron chi connectivity index (χ1n) is 17.5. The van der Waals surface area contributed by atoms with Crippen molar-refractivity contribution in [3.63, 3.8) is 0 Å². The highest BCUT2D eigenvalue weighted by atomic mass is 16.3. The maximum Gasteiger partial charge on any atom is 0.115 e. The Bertz CT molecular complexity index is 2450. The van der Waals surface area contributed by atoms with Gasteiger partial charge in [-0.2, -0.15) is 30.7 Å². The van der Waals surface area contributed by atoms with E-state index >= 15 is 0 Å². The van der Waals surface area contributed by atoms with Gasteiger partial charge in [0.2, 0.25) is 0 Å². The summed E-state index contributed by atoms with van der Waals surface area (Å²) in [6.07, 6.45) is 0. The van der Waals surface area contributed by atoms with Crippen LogP contribution < -0.4 is 0 Å². The molecule has 0 amide bonds. The lowest BCUT2D eigenvalue weighted by atomic mass is 10.0. The molecule has 270 valence electrons. The predicted molar refractivity (Wildman–Crippen MR) is 221 cm³/mol. The summed E-state index contributed by atoms with van der Waals surface area (Å²) in [5.41, 5.74) is 8.56. The largest absolute Gasteiger partial charge is 0.508 e. The molecule has 9 nitrogen and oxygen atoms in total. The van der Waals surface area contributed by atoms with Crippen molar-refractivity contribution in [2.45, 2.75) is 0 Å². The number of hydrogen-bond acceptors (Lipinski definition) is 9. The Morgan fingerprint density at radius 1 is 0.228 bits per heavy atom. The van der Waals surface area contributed by atoms with Gasteiger partial charge >= 0.3 is 0 Å². The van der Waals surface area contributed by atoms with Crippen LogP contribution in [0.2, 0.25) is 0 Å². The molecule has 57 heavy (non-hydrogen) atoms. The molecule has 7 rings (SSSR count). The Morgan fingerprint density at radius 2 is 0.404 bits per heavy atom. The number of rotatable bonds is 6. The summed E-state index contributed by atoms with van der Waals surface area (Å²) >= 11 is 0. The fourth-order valence-electron chi connectivity index (χ4n) is 5.02. The van der Waals surface area contributed by atoms with Gasteiger partial charge in [0.15, 0.2) is 0 Å². The molecule has 0 saturated heterocycles. The number of benzene rings is 7. The van der Waals surface area contributed by atoms with Gasteiger partial charge in [-0.15, -0.1) is 0 Å². The van der Waals surface area contributed by atoms with Gasteiger partial charge in [-0.05, 0) is 164 Å². The van der Waals surface area contributed by atoms with Crippen molar-refractivity contribution in [3.05, 3.63) is 197 Å². The first-order valence-corrected chi connectivity index (χ1v) is 17.5. The van der Waals surface area contributed by atoms with Crippen molar-refractivity contribution in [2.24, 2.45) is 30.7 Å². The quantitative estimate of drug-likeness (QED) is 0.116. The summed E-state index contributed by atoms with van der Waals surface area (Å²) < 4.78 is 0. The molecule has 0 fully saturated rings. The third-order valence-corrected chi connectivity index (χ3v) is 7.98. The second-order valence-corrected chi connectivity index (χ2v) is 12.3. The van der Waals surface area contributed by atoms with E-state index in [4.69, 9.17) is 0 Å². The SMILES string of the molecule is Oc1ccc(N=Nc2ccc(C#Cc3cc(C#Cc4ccc(N=Nc5ccc(O)cc5)cc4)cc(C#Cc4ccc(N=Nc5ccc(O)cc5)cc4)c3)cc2)cc1. The number of nitrogens with zero attached hydrogens (tertiary/aromatic N) is 6. The van der Waals surface area contributed by atoms with Gasteiger partial charge in [0.25, 0.3) is 0 Å². The summed E-state index contributed by atoms with van der Waals surface area (Å²) in [6, 6.07) is 47.6. The Hall–Kier alpha value is -8.58. The van der Waals surface area contributed by atoms with E-state index in [2.05, 4.69) is 66.2 Å². The smallest absolute Gasteiger partial charge is 0.115 e. The molecule has 3 N–H and O–H groups in total. The second-order valence-electron chi connectivity index (χ2n) is 12.3. The molecular formula is C48H30N6O3. The standard InChI is InChI=1S/C48H30N6O3/c55-46-25-19-43(20-26-46)52-49-40-13-7-34(8-14-40)1-4-37-31-38(5-2-35-9-15-41(16-10-35)50-53-44-21-27-47(56)28-22-44)33-39(32-37)6-3-36-11-17-42(18-12-36)51-54-45-23-29-48(57)30-24-45/h7-33,55-57H. The van der Waals surface area contributed by atoms with E-state index < -0.39 is 0 Å². The Labute approximate surface area is 329 Å². The summed E-state index contributed by atoms with van der Waals surface area (Å²) in [5.74, 6) is 20.0. The highest BCUT2D eigenvalue weighted by Gasteiger charge is 2.00. The molecule has 7 aromatic carbocycles. The third kappa shape index (κ3) is 11.2. The first-order chi connectivity index (χ1) is 27.9. The van der Waals surface area contributed by atoms with Gasteiger partial charge in [-0.1, -0.05) is 35.5 Å². The van der Waals surface area contributed by atoms with E-state index in [0.717, 1.165) is 33.4 Å². The molecule has 0 atom stereocenters. The Kier molecular flexibility index (Phi) is 11.6. The number of hydrogen-bond donors (Lipinski definition) is 3. The molecule has 0 aliphatic rings. The topological polar surface area (TPSA) is 135 Å². The van der Waals surface area contributed by atoms with Gasteiger partial charge in [0, 0.05) is 33.4 Å². The normalized spacial score (nSPS) is 10.7. The maximum absolute atomic E-state index is 9.48. The van der Waals surface area contributed by atoms with Gasteiger partial charge in [0.1, 0.15) is 17.2 Å². The number of azo groups is 3. The molecule has 0 aromatic heterocycles. The summed E-state index contributed by atoms with van der Waals surface area (Å²) in [7, 11) is 0. The maximum atomic E-state index is 9.48. The lowest BCUT2D eigenvalue weighted by Gasteiger charge is -1.99. The van der Waals surface area contributed by atoms with E-state index in [1.165, 1.54) is 0 Å². The van der Waals surface area contributed by atoms with Crippen molar-refractivity contribution in [1.29, 1.82) is 0 Å². The van der Waals surface area contributed by atoms with E-state index in [-0.39, 0.29) is 17.2 Å². The van der Waals surface area contributed by atoms with Gasteiger partial charge in [-0.3, -0.25) is 0 Å². The van der Waals surface area contributed by atoms with Crippen LogP contribution in [-0.2, 0) is 0 Å². The third-order valence-electron chi connectivity index (χ3n) is 7.98. The molecule has 0 spiro atoms. The van der Waals surface area contributed by atoms with Crippen LogP contribution in [0, 0.1) is 35.5 Å². The Balaban J connectivity index is 1.11. The highest BCUT2D eigenvalue weighted by molar-refractivity contribution is 5.57. The van der Waals surface area contributed by atoms with E-state index in [0.29, 0.717) is 34.1 Å². The lowest BCUT2D eigenvalue weighted by molar-refractivity contribution is 0.475. The van der Waals surface area contributed by atoms with Crippen LogP contribution in [0.25, 0.3) is 0 Å². The molecular weight excluding hydrogens is 709 g/mol. The minimum Gasteiger partial charge on any atom is -0.508 e. The zero-order valence-corrected chi connectivity index (χ0v) is 30.1. The van der Waals surface area contributed by atoms with Gasteiger partial charge in [-0.25, -0.2) is 0 Å². The summed E-state index contributed by atoms with van der Waals surface area (Å²) in [4.78, 5) is 0. The van der Waals surface area contributed by atoms with Crippen molar-refractivity contribution < 1.29 is 15.3 Å². The number of phenolic OH excluding ortho intramolecular Hbond substituents is 3. The van der Waals surface area contributed by atoms with Crippen molar-refractivity contribution in [1.82, 2.24) is 0 Å². The zero-order valence-electron chi connectivity index (χ0n) is 30.1. The molecule has 0 aliphatic carbocycles. The average Bonchev–Trinajstić information content (AvgIpc) is 3.25. The Morgan fingerprint density at radius 3 is 0.614 bits per heavy atom. The van der Waals surface area contributed by atoms with Gasteiger partial charge in [0.05, 0.1) is 34.1 Å². The van der Waals surface area contributed by atoms with Crippen LogP contribution in [0.3, 0.4) is 0 Å². The van der Waals surface area contributed by atoms with E-state index in [9.17, 15) is 15.3 Å². The fourth-order valence-corrected chi connectivity index (χ4v) is 5.02. The first kappa shape index (κ1) is 36.8. The van der Waals surface area contributed by atoms with E-state index in [1.807, 2.05) is 91.0 Å². The molecule has 9 heteroatoms. The van der Waals surface area contributed by atoms with Crippen LogP contribution in [0.15, 0.2) is 194 Å².